The number of para-hydroxylation sites is 1. The summed E-state index contributed by atoms with van der Waals surface area (Å²) >= 11 is 18.8. The van der Waals surface area contributed by atoms with Crippen molar-refractivity contribution in [2.75, 3.05) is 10.8 Å². The van der Waals surface area contributed by atoms with E-state index < -0.39 is 28.5 Å². The van der Waals surface area contributed by atoms with Gasteiger partial charge in [-0.15, -0.1) is 0 Å². The lowest BCUT2D eigenvalue weighted by Crippen LogP contribution is -2.54. The van der Waals surface area contributed by atoms with Gasteiger partial charge in [-0.2, -0.15) is 0 Å². The molecule has 46 heavy (non-hydrogen) atoms. The van der Waals surface area contributed by atoms with E-state index in [9.17, 15) is 18.0 Å². The predicted octanol–water partition coefficient (Wildman–Crippen LogP) is 7.71. The molecule has 2 amide bonds. The van der Waals surface area contributed by atoms with Gasteiger partial charge in [0.1, 0.15) is 12.6 Å². The molecule has 0 aliphatic carbocycles. The third-order valence-electron chi connectivity index (χ3n) is 7.69. The van der Waals surface area contributed by atoms with Crippen LogP contribution in [-0.4, -0.2) is 43.8 Å². The molecule has 0 aliphatic rings. The number of hydrogen-bond donors (Lipinski definition) is 1. The number of hydrogen-bond acceptors (Lipinski definition) is 4. The van der Waals surface area contributed by atoms with E-state index in [4.69, 9.17) is 34.8 Å². The zero-order valence-electron chi connectivity index (χ0n) is 25.8. The maximum atomic E-state index is 14.6. The summed E-state index contributed by atoms with van der Waals surface area (Å²) in [7, 11) is -4.25. The van der Waals surface area contributed by atoms with Crippen LogP contribution in [0.5, 0.6) is 0 Å². The van der Waals surface area contributed by atoms with Crippen LogP contribution < -0.4 is 9.62 Å². The molecule has 4 rings (SSSR count). The van der Waals surface area contributed by atoms with Crippen molar-refractivity contribution in [2.24, 2.45) is 0 Å². The number of amides is 2. The SMILES string of the molecule is CC[C@@H](C)NC(=O)[C@H](Cc1ccccc1)N(Cc1ccc(Cl)cc1Cl)C(=O)CN(c1ccccc1C)S(=O)(=O)c1ccc(Cl)cc1. The van der Waals surface area contributed by atoms with Crippen LogP contribution in [0.3, 0.4) is 0 Å². The number of sulfonamides is 1. The first-order valence-electron chi connectivity index (χ1n) is 14.8. The molecular formula is C35H36Cl3N3O4S. The lowest BCUT2D eigenvalue weighted by atomic mass is 10.0. The van der Waals surface area contributed by atoms with Crippen molar-refractivity contribution >= 4 is 62.3 Å². The molecule has 11 heteroatoms. The maximum Gasteiger partial charge on any atom is 0.264 e. The number of halogens is 3. The lowest BCUT2D eigenvalue weighted by molar-refractivity contribution is -0.140. The van der Waals surface area contributed by atoms with Crippen molar-refractivity contribution in [3.63, 3.8) is 0 Å². The third-order valence-corrected chi connectivity index (χ3v) is 10.3. The molecule has 0 saturated carbocycles. The van der Waals surface area contributed by atoms with Gasteiger partial charge in [-0.1, -0.05) is 96.3 Å². The summed E-state index contributed by atoms with van der Waals surface area (Å²) in [6.07, 6.45) is 0.871. The fraction of sp³-hybridized carbons (Fsp3) is 0.257. The van der Waals surface area contributed by atoms with E-state index in [1.54, 1.807) is 49.4 Å². The van der Waals surface area contributed by atoms with Gasteiger partial charge in [0.2, 0.25) is 11.8 Å². The van der Waals surface area contributed by atoms with Crippen molar-refractivity contribution in [3.8, 4) is 0 Å². The minimum atomic E-state index is -4.25. The molecule has 0 unspecified atom stereocenters. The largest absolute Gasteiger partial charge is 0.352 e. The molecule has 1 N–H and O–H groups in total. The van der Waals surface area contributed by atoms with Crippen molar-refractivity contribution in [1.82, 2.24) is 10.2 Å². The molecule has 0 spiro atoms. The Morgan fingerprint density at radius 1 is 0.848 bits per heavy atom. The van der Waals surface area contributed by atoms with Crippen molar-refractivity contribution in [1.29, 1.82) is 0 Å². The van der Waals surface area contributed by atoms with E-state index in [0.717, 1.165) is 9.87 Å². The van der Waals surface area contributed by atoms with Crippen LogP contribution in [0.4, 0.5) is 5.69 Å². The molecule has 0 aromatic heterocycles. The summed E-state index contributed by atoms with van der Waals surface area (Å²) in [6.45, 7) is 4.96. The van der Waals surface area contributed by atoms with Crippen molar-refractivity contribution in [3.05, 3.63) is 129 Å². The molecule has 0 aliphatic heterocycles. The average Bonchev–Trinajstić information content (AvgIpc) is 3.03. The molecule has 0 saturated heterocycles. The molecule has 0 fully saturated rings. The summed E-state index contributed by atoms with van der Waals surface area (Å²) in [5.74, 6) is -0.952. The minimum Gasteiger partial charge on any atom is -0.352 e. The molecule has 4 aromatic carbocycles. The van der Waals surface area contributed by atoms with Crippen LogP contribution in [0.25, 0.3) is 0 Å². The van der Waals surface area contributed by atoms with Crippen LogP contribution in [0, 0.1) is 6.92 Å². The zero-order chi connectivity index (χ0) is 33.4. The minimum absolute atomic E-state index is 0.0319. The Bertz CT molecular complexity index is 1770. The summed E-state index contributed by atoms with van der Waals surface area (Å²) in [4.78, 5) is 29.9. The van der Waals surface area contributed by atoms with Crippen LogP contribution in [0.15, 0.2) is 102 Å². The molecule has 0 radical (unpaired) electrons. The molecule has 0 heterocycles. The molecule has 2 atom stereocenters. The van der Waals surface area contributed by atoms with Gasteiger partial charge in [0.15, 0.2) is 0 Å². The Morgan fingerprint density at radius 3 is 2.11 bits per heavy atom. The summed E-state index contributed by atoms with van der Waals surface area (Å²) in [5, 5.41) is 4.13. The first kappa shape index (κ1) is 35.3. The van der Waals surface area contributed by atoms with E-state index in [0.29, 0.717) is 38.3 Å². The normalized spacial score (nSPS) is 12.7. The van der Waals surface area contributed by atoms with Gasteiger partial charge in [-0.3, -0.25) is 13.9 Å². The van der Waals surface area contributed by atoms with E-state index in [1.165, 1.54) is 29.2 Å². The van der Waals surface area contributed by atoms with Crippen molar-refractivity contribution in [2.45, 2.75) is 57.1 Å². The zero-order valence-corrected chi connectivity index (χ0v) is 28.9. The highest BCUT2D eigenvalue weighted by Crippen LogP contribution is 2.29. The number of nitrogens with zero attached hydrogens (tertiary/aromatic N) is 2. The number of carbonyl (C=O) groups excluding carboxylic acids is 2. The highest BCUT2D eigenvalue weighted by Gasteiger charge is 2.35. The van der Waals surface area contributed by atoms with Gasteiger partial charge < -0.3 is 10.2 Å². The second-order valence-corrected chi connectivity index (χ2v) is 14.2. The maximum absolute atomic E-state index is 14.6. The third kappa shape index (κ3) is 8.82. The summed E-state index contributed by atoms with van der Waals surface area (Å²) < 4.78 is 29.4. The van der Waals surface area contributed by atoms with E-state index >= 15 is 0 Å². The van der Waals surface area contributed by atoms with Gasteiger partial charge >= 0.3 is 0 Å². The molecule has 4 aromatic rings. The first-order chi connectivity index (χ1) is 21.9. The Hall–Kier alpha value is -3.56. The Morgan fingerprint density at radius 2 is 1.48 bits per heavy atom. The van der Waals surface area contributed by atoms with Gasteiger partial charge in [-0.25, -0.2) is 8.42 Å². The highest BCUT2D eigenvalue weighted by atomic mass is 35.5. The van der Waals surface area contributed by atoms with E-state index in [1.807, 2.05) is 44.2 Å². The number of aryl methyl sites for hydroxylation is 1. The van der Waals surface area contributed by atoms with Gasteiger partial charge in [0.05, 0.1) is 10.6 Å². The van der Waals surface area contributed by atoms with E-state index in [-0.39, 0.29) is 29.8 Å². The number of anilines is 1. The van der Waals surface area contributed by atoms with E-state index in [2.05, 4.69) is 5.32 Å². The molecule has 0 bridgehead atoms. The second-order valence-electron chi connectivity index (χ2n) is 11.0. The highest BCUT2D eigenvalue weighted by molar-refractivity contribution is 7.92. The van der Waals surface area contributed by atoms with Crippen LogP contribution >= 0.6 is 34.8 Å². The number of benzene rings is 4. The lowest BCUT2D eigenvalue weighted by Gasteiger charge is -2.34. The molecular weight excluding hydrogens is 665 g/mol. The van der Waals surface area contributed by atoms with Crippen molar-refractivity contribution < 1.29 is 18.0 Å². The number of carbonyl (C=O) groups is 2. The standard InChI is InChI=1S/C35H36Cl3N3O4S/c1-4-25(3)39-35(43)33(20-26-11-6-5-7-12-26)40(22-27-14-15-29(37)21-31(27)38)34(42)23-41(32-13-9-8-10-24(32)2)46(44,45)30-18-16-28(36)17-19-30/h5-19,21,25,33H,4,20,22-23H2,1-3H3,(H,39,43)/t25-,33+/m1/s1. The van der Waals surface area contributed by atoms with Crippen LogP contribution in [0.1, 0.15) is 37.0 Å². The fourth-order valence-electron chi connectivity index (χ4n) is 4.92. The van der Waals surface area contributed by atoms with Crippen LogP contribution in [-0.2, 0) is 32.6 Å². The smallest absolute Gasteiger partial charge is 0.264 e. The molecule has 7 nitrogen and oxygen atoms in total. The average molecular weight is 701 g/mol. The first-order valence-corrected chi connectivity index (χ1v) is 17.4. The Labute approximate surface area is 286 Å². The van der Waals surface area contributed by atoms with Crippen LogP contribution in [0.2, 0.25) is 15.1 Å². The predicted molar refractivity (Wildman–Crippen MR) is 186 cm³/mol. The van der Waals surface area contributed by atoms with Gasteiger partial charge in [0, 0.05) is 34.1 Å². The Balaban J connectivity index is 1.84. The number of nitrogens with one attached hydrogen (secondary N) is 1. The monoisotopic (exact) mass is 699 g/mol. The second kappa shape index (κ2) is 15.8. The topological polar surface area (TPSA) is 86.8 Å². The van der Waals surface area contributed by atoms with Gasteiger partial charge in [-0.05, 0) is 79.4 Å². The fourth-order valence-corrected chi connectivity index (χ4v) is 6.99. The quantitative estimate of drug-likeness (QED) is 0.155. The molecule has 242 valence electrons. The number of rotatable bonds is 13. The van der Waals surface area contributed by atoms with Gasteiger partial charge in [0.25, 0.3) is 10.0 Å². The Kier molecular flexibility index (Phi) is 12.1. The summed E-state index contributed by atoms with van der Waals surface area (Å²) in [5.41, 5.74) is 2.36. The summed E-state index contributed by atoms with van der Waals surface area (Å²) in [6, 6.07) is 25.8.